The molecule has 0 atom stereocenters. The topological polar surface area (TPSA) is 66.6 Å². The van der Waals surface area contributed by atoms with Crippen molar-refractivity contribution >= 4 is 17.3 Å². The van der Waals surface area contributed by atoms with E-state index in [1.165, 1.54) is 6.07 Å². The highest BCUT2D eigenvalue weighted by Crippen LogP contribution is 2.28. The Morgan fingerprint density at radius 1 is 1.38 bits per heavy atom. The van der Waals surface area contributed by atoms with E-state index >= 15 is 0 Å². The number of carboxylic acid groups (broad SMARTS) is 1. The van der Waals surface area contributed by atoms with Gasteiger partial charge in [0.1, 0.15) is 0 Å². The zero-order valence-electron chi connectivity index (χ0n) is 10.1. The maximum atomic E-state index is 10.9. The summed E-state index contributed by atoms with van der Waals surface area (Å²) in [4.78, 5) is 12.8. The van der Waals surface area contributed by atoms with Crippen molar-refractivity contribution in [2.75, 3.05) is 17.7 Å². The number of carboxylic acids is 1. The molecule has 0 aliphatic rings. The van der Waals surface area contributed by atoms with Gasteiger partial charge >= 0.3 is 5.97 Å². The number of hydrogen-bond donors (Lipinski definition) is 2. The summed E-state index contributed by atoms with van der Waals surface area (Å²) in [5, 5.41) is 8.93. The van der Waals surface area contributed by atoms with E-state index in [0.29, 0.717) is 5.69 Å². The van der Waals surface area contributed by atoms with Gasteiger partial charge in [0.2, 0.25) is 0 Å². The number of anilines is 2. The number of benzene rings is 1. The van der Waals surface area contributed by atoms with Gasteiger partial charge in [0.25, 0.3) is 0 Å². The Hall–Kier alpha value is -1.71. The Balaban J connectivity index is 3.22. The van der Waals surface area contributed by atoms with Crippen LogP contribution in [0, 0.1) is 0 Å². The molecule has 0 saturated heterocycles. The number of rotatable bonds is 2. The monoisotopic (exact) mass is 222 g/mol. The number of nitrogens with zero attached hydrogens (tertiary/aromatic N) is 1. The van der Waals surface area contributed by atoms with Gasteiger partial charge in [-0.25, -0.2) is 4.79 Å². The average molecular weight is 222 g/mol. The Kier molecular flexibility index (Phi) is 3.12. The largest absolute Gasteiger partial charge is 0.478 e. The van der Waals surface area contributed by atoms with E-state index in [9.17, 15) is 4.79 Å². The number of aromatic carboxylic acids is 1. The molecule has 0 heterocycles. The van der Waals surface area contributed by atoms with E-state index in [0.717, 1.165) is 5.69 Å². The van der Waals surface area contributed by atoms with Crippen molar-refractivity contribution in [2.24, 2.45) is 0 Å². The molecule has 16 heavy (non-hydrogen) atoms. The van der Waals surface area contributed by atoms with E-state index in [4.69, 9.17) is 10.8 Å². The van der Waals surface area contributed by atoms with Crippen LogP contribution >= 0.6 is 0 Å². The summed E-state index contributed by atoms with van der Waals surface area (Å²) >= 11 is 0. The van der Waals surface area contributed by atoms with Crippen LogP contribution in [0.2, 0.25) is 0 Å². The van der Waals surface area contributed by atoms with Gasteiger partial charge in [-0.3, -0.25) is 0 Å². The minimum absolute atomic E-state index is 0.106. The molecule has 0 bridgehead atoms. The molecular formula is C12H18N2O2. The third kappa shape index (κ3) is 2.45. The van der Waals surface area contributed by atoms with Crippen LogP contribution in [0.1, 0.15) is 31.1 Å². The molecule has 0 aliphatic carbocycles. The summed E-state index contributed by atoms with van der Waals surface area (Å²) in [7, 11) is 1.90. The second-order valence-electron chi connectivity index (χ2n) is 4.81. The Labute approximate surface area is 95.7 Å². The van der Waals surface area contributed by atoms with Gasteiger partial charge in [-0.05, 0) is 39.0 Å². The molecule has 0 radical (unpaired) electrons. The first kappa shape index (κ1) is 12.4. The van der Waals surface area contributed by atoms with Crippen molar-refractivity contribution in [3.8, 4) is 0 Å². The van der Waals surface area contributed by atoms with E-state index in [1.54, 1.807) is 12.1 Å². The molecule has 0 saturated carbocycles. The van der Waals surface area contributed by atoms with Crippen LogP contribution in [-0.4, -0.2) is 23.7 Å². The van der Waals surface area contributed by atoms with Gasteiger partial charge in [-0.1, -0.05) is 0 Å². The van der Waals surface area contributed by atoms with Crippen LogP contribution < -0.4 is 10.6 Å². The molecule has 4 heteroatoms. The molecule has 3 N–H and O–H groups in total. The highest BCUT2D eigenvalue weighted by molar-refractivity contribution is 5.90. The predicted octanol–water partition coefficient (Wildman–Crippen LogP) is 2.20. The fourth-order valence-corrected chi connectivity index (χ4v) is 1.33. The normalized spacial score (nSPS) is 11.2. The Bertz CT molecular complexity index is 408. The average Bonchev–Trinajstić information content (AvgIpc) is 2.15. The molecule has 0 fully saturated rings. The Morgan fingerprint density at radius 3 is 2.38 bits per heavy atom. The number of hydrogen-bond acceptors (Lipinski definition) is 3. The predicted molar refractivity (Wildman–Crippen MR) is 66.0 cm³/mol. The fourth-order valence-electron chi connectivity index (χ4n) is 1.33. The fraction of sp³-hybridized carbons (Fsp3) is 0.417. The van der Waals surface area contributed by atoms with Crippen molar-refractivity contribution in [2.45, 2.75) is 26.3 Å². The minimum Gasteiger partial charge on any atom is -0.478 e. The van der Waals surface area contributed by atoms with E-state index in [1.807, 2.05) is 32.7 Å². The molecule has 4 nitrogen and oxygen atoms in total. The second-order valence-corrected chi connectivity index (χ2v) is 4.81. The lowest BCUT2D eigenvalue weighted by atomic mass is 10.0. The van der Waals surface area contributed by atoms with E-state index < -0.39 is 5.97 Å². The highest BCUT2D eigenvalue weighted by atomic mass is 16.4. The molecule has 1 rings (SSSR count). The first-order chi connectivity index (χ1) is 7.23. The zero-order chi connectivity index (χ0) is 12.5. The van der Waals surface area contributed by atoms with Crippen molar-refractivity contribution in [3.05, 3.63) is 23.8 Å². The third-order valence-electron chi connectivity index (χ3n) is 2.64. The van der Waals surface area contributed by atoms with Crippen LogP contribution in [0.15, 0.2) is 18.2 Å². The van der Waals surface area contributed by atoms with Crippen molar-refractivity contribution in [1.29, 1.82) is 0 Å². The SMILES string of the molecule is CN(c1cc(C(=O)O)ccc1N)C(C)(C)C. The molecule has 88 valence electrons. The number of carbonyl (C=O) groups is 1. The summed E-state index contributed by atoms with van der Waals surface area (Å²) < 4.78 is 0. The molecule has 0 unspecified atom stereocenters. The second kappa shape index (κ2) is 4.04. The summed E-state index contributed by atoms with van der Waals surface area (Å²) in [6.45, 7) is 6.12. The smallest absolute Gasteiger partial charge is 0.335 e. The van der Waals surface area contributed by atoms with Gasteiger partial charge < -0.3 is 15.7 Å². The van der Waals surface area contributed by atoms with Crippen molar-refractivity contribution in [3.63, 3.8) is 0 Å². The summed E-state index contributed by atoms with van der Waals surface area (Å²) in [5.74, 6) is -0.941. The summed E-state index contributed by atoms with van der Waals surface area (Å²) in [5.41, 5.74) is 7.33. The van der Waals surface area contributed by atoms with Crippen molar-refractivity contribution in [1.82, 2.24) is 0 Å². The van der Waals surface area contributed by atoms with Crippen LogP contribution in [0.25, 0.3) is 0 Å². The zero-order valence-corrected chi connectivity index (χ0v) is 10.1. The van der Waals surface area contributed by atoms with E-state index in [2.05, 4.69) is 0 Å². The van der Waals surface area contributed by atoms with Gasteiger partial charge in [0, 0.05) is 12.6 Å². The molecule has 0 amide bonds. The maximum absolute atomic E-state index is 10.9. The van der Waals surface area contributed by atoms with Crippen LogP contribution in [-0.2, 0) is 0 Å². The standard InChI is InChI=1S/C12H18N2O2/c1-12(2,3)14(4)10-7-8(11(15)16)5-6-9(10)13/h5-7H,13H2,1-4H3,(H,15,16). The first-order valence-corrected chi connectivity index (χ1v) is 5.10. The molecule has 0 aliphatic heterocycles. The maximum Gasteiger partial charge on any atom is 0.335 e. The number of nitrogens with two attached hydrogens (primary N) is 1. The van der Waals surface area contributed by atoms with Gasteiger partial charge in [0.05, 0.1) is 16.9 Å². The number of nitrogen functional groups attached to an aromatic ring is 1. The van der Waals surface area contributed by atoms with Crippen LogP contribution in [0.5, 0.6) is 0 Å². The molecule has 0 spiro atoms. The first-order valence-electron chi connectivity index (χ1n) is 5.10. The lowest BCUT2D eigenvalue weighted by Gasteiger charge is -2.35. The van der Waals surface area contributed by atoms with Crippen LogP contribution in [0.4, 0.5) is 11.4 Å². The molecule has 0 aromatic heterocycles. The van der Waals surface area contributed by atoms with Crippen molar-refractivity contribution < 1.29 is 9.90 Å². The lowest BCUT2D eigenvalue weighted by Crippen LogP contribution is -2.38. The molecule has 1 aromatic carbocycles. The molecular weight excluding hydrogens is 204 g/mol. The lowest BCUT2D eigenvalue weighted by molar-refractivity contribution is 0.0697. The summed E-state index contributed by atoms with van der Waals surface area (Å²) in [6.07, 6.45) is 0. The van der Waals surface area contributed by atoms with Crippen LogP contribution in [0.3, 0.4) is 0 Å². The summed E-state index contributed by atoms with van der Waals surface area (Å²) in [6, 6.07) is 4.74. The van der Waals surface area contributed by atoms with Gasteiger partial charge in [0.15, 0.2) is 0 Å². The minimum atomic E-state index is -0.941. The van der Waals surface area contributed by atoms with E-state index in [-0.39, 0.29) is 11.1 Å². The van der Waals surface area contributed by atoms with Gasteiger partial charge in [-0.2, -0.15) is 0 Å². The van der Waals surface area contributed by atoms with Gasteiger partial charge in [-0.15, -0.1) is 0 Å². The third-order valence-corrected chi connectivity index (χ3v) is 2.64. The highest BCUT2D eigenvalue weighted by Gasteiger charge is 2.20. The quantitative estimate of drug-likeness (QED) is 0.753. The molecule has 1 aromatic rings. The Morgan fingerprint density at radius 2 is 1.94 bits per heavy atom.